The van der Waals surface area contributed by atoms with Crippen molar-refractivity contribution >= 4 is 36.3 Å². The Labute approximate surface area is 265 Å². The molecule has 3 amide bonds. The molecule has 2 rings (SSSR count). The SMILES string of the molecule is O=[C-][n+]1ccccc1CN(CCOCCC(=O)NCCCC[C@H](NC(=O)N[C@@H](CCC(=O)O)C(=O)O)C(=O)O)Cc1ccccn1. The lowest BCUT2D eigenvalue weighted by atomic mass is 10.1. The molecular formula is C30H40N6O10. The second kappa shape index (κ2) is 20.9. The Morgan fingerprint density at radius 2 is 1.61 bits per heavy atom. The smallest absolute Gasteiger partial charge is 0.362 e. The van der Waals surface area contributed by atoms with E-state index in [9.17, 15) is 33.9 Å². The first-order valence-electron chi connectivity index (χ1n) is 14.7. The second-order valence-electron chi connectivity index (χ2n) is 10.2. The fraction of sp³-hybridized carbons (Fsp3) is 0.467. The van der Waals surface area contributed by atoms with Crippen molar-refractivity contribution < 1.29 is 53.4 Å². The van der Waals surface area contributed by atoms with Crippen molar-refractivity contribution in [3.63, 3.8) is 0 Å². The summed E-state index contributed by atoms with van der Waals surface area (Å²) < 4.78 is 7.06. The molecule has 0 aliphatic rings. The van der Waals surface area contributed by atoms with Crippen LogP contribution in [0.25, 0.3) is 0 Å². The van der Waals surface area contributed by atoms with Crippen molar-refractivity contribution in [3.8, 4) is 0 Å². The maximum absolute atomic E-state index is 12.2. The maximum Gasteiger partial charge on any atom is 0.362 e. The number of nitrogens with one attached hydrogen (secondary N) is 3. The molecule has 16 heteroatoms. The molecule has 250 valence electrons. The van der Waals surface area contributed by atoms with E-state index < -0.39 is 42.4 Å². The van der Waals surface area contributed by atoms with Crippen molar-refractivity contribution in [2.24, 2.45) is 0 Å². The summed E-state index contributed by atoms with van der Waals surface area (Å²) in [7, 11) is 0. The maximum atomic E-state index is 12.2. The van der Waals surface area contributed by atoms with Crippen molar-refractivity contribution in [2.45, 2.75) is 63.7 Å². The van der Waals surface area contributed by atoms with Crippen LogP contribution < -0.4 is 20.5 Å². The number of carbonyl (C=O) groups excluding carboxylic acids is 3. The Hall–Kier alpha value is -4.96. The quantitative estimate of drug-likeness (QED) is 0.0536. The van der Waals surface area contributed by atoms with Gasteiger partial charge < -0.3 is 36.0 Å². The normalized spacial score (nSPS) is 12.1. The standard InChI is InChI=1S/C30H40N6O10/c37-21-36-15-6-3-8-23(36)20-35(19-22-7-1-4-13-31-22)16-18-46-17-12-26(38)32-14-5-2-9-24(28(41)42)33-30(45)34-25(29(43)44)10-11-27(39)40/h1,3-4,6-8,13,15,24-25H,2,5,9-12,14,16-20H2,(H,32,38)(H,39,40)(H,41,42)(H,43,44)(H2,33,34,45)/t24-,25-/m0/s1. The van der Waals surface area contributed by atoms with Gasteiger partial charge in [0, 0.05) is 45.2 Å². The first kappa shape index (κ1) is 37.2. The van der Waals surface area contributed by atoms with Crippen LogP contribution in [-0.4, -0.2) is 99.8 Å². The van der Waals surface area contributed by atoms with Gasteiger partial charge in [0.05, 0.1) is 30.8 Å². The number of ether oxygens (including phenoxy) is 1. The molecule has 46 heavy (non-hydrogen) atoms. The van der Waals surface area contributed by atoms with E-state index in [0.29, 0.717) is 39.1 Å². The van der Waals surface area contributed by atoms with E-state index in [1.54, 1.807) is 18.5 Å². The van der Waals surface area contributed by atoms with Crippen LogP contribution in [0.4, 0.5) is 4.79 Å². The van der Waals surface area contributed by atoms with Crippen LogP contribution >= 0.6 is 0 Å². The first-order valence-corrected chi connectivity index (χ1v) is 14.7. The van der Waals surface area contributed by atoms with Gasteiger partial charge in [0.25, 0.3) is 0 Å². The number of rotatable bonds is 23. The largest absolute Gasteiger partial charge is 0.481 e. The fourth-order valence-corrected chi connectivity index (χ4v) is 4.25. The predicted molar refractivity (Wildman–Crippen MR) is 160 cm³/mol. The van der Waals surface area contributed by atoms with Crippen LogP contribution in [-0.2, 0) is 41.8 Å². The zero-order valence-corrected chi connectivity index (χ0v) is 25.3. The van der Waals surface area contributed by atoms with Gasteiger partial charge in [-0.3, -0.25) is 28.8 Å². The zero-order chi connectivity index (χ0) is 33.7. The molecule has 0 saturated carbocycles. The summed E-state index contributed by atoms with van der Waals surface area (Å²) in [4.78, 5) is 75.4. The molecule has 0 aliphatic heterocycles. The van der Waals surface area contributed by atoms with E-state index in [0.717, 1.165) is 11.4 Å². The monoisotopic (exact) mass is 644 g/mol. The Bertz CT molecular complexity index is 1300. The highest BCUT2D eigenvalue weighted by atomic mass is 16.5. The van der Waals surface area contributed by atoms with Crippen molar-refractivity contribution in [1.82, 2.24) is 25.8 Å². The van der Waals surface area contributed by atoms with Gasteiger partial charge in [-0.05, 0) is 37.8 Å². The highest BCUT2D eigenvalue weighted by Crippen LogP contribution is 2.07. The lowest BCUT2D eigenvalue weighted by Gasteiger charge is -2.22. The number of aliphatic carboxylic acids is 3. The Morgan fingerprint density at radius 1 is 0.891 bits per heavy atom. The number of hydrogen-bond donors (Lipinski definition) is 6. The van der Waals surface area contributed by atoms with Gasteiger partial charge in [-0.2, -0.15) is 0 Å². The molecule has 0 spiro atoms. The number of carbonyl (C=O) groups is 5. The van der Waals surface area contributed by atoms with E-state index in [1.807, 2.05) is 36.7 Å². The molecule has 2 aromatic rings. The topological polar surface area (TPSA) is 228 Å². The number of unbranched alkanes of at least 4 members (excludes halogenated alkanes) is 1. The number of aromatic nitrogens is 2. The molecule has 6 N–H and O–H groups in total. The molecule has 0 aromatic carbocycles. The third kappa shape index (κ3) is 15.2. The van der Waals surface area contributed by atoms with Gasteiger partial charge in [0.2, 0.25) is 5.91 Å². The molecule has 0 fully saturated rings. The minimum atomic E-state index is -1.49. The number of carboxylic acids is 3. The second-order valence-corrected chi connectivity index (χ2v) is 10.2. The molecule has 2 aromatic heterocycles. The highest BCUT2D eigenvalue weighted by Gasteiger charge is 2.24. The molecule has 2 atom stereocenters. The summed E-state index contributed by atoms with van der Waals surface area (Å²) in [5.41, 5.74) is 1.61. The van der Waals surface area contributed by atoms with Gasteiger partial charge in [0.1, 0.15) is 12.1 Å². The molecule has 16 nitrogen and oxygen atoms in total. The molecule has 0 aliphatic carbocycles. The van der Waals surface area contributed by atoms with Crippen LogP contribution in [0.15, 0.2) is 48.8 Å². The Morgan fingerprint density at radius 3 is 2.26 bits per heavy atom. The summed E-state index contributed by atoms with van der Waals surface area (Å²) in [5.74, 6) is -4.24. The summed E-state index contributed by atoms with van der Waals surface area (Å²) in [6.45, 7) is 2.28. The third-order valence-corrected chi connectivity index (χ3v) is 6.66. The number of urea groups is 1. The van der Waals surface area contributed by atoms with E-state index in [1.165, 1.54) is 4.57 Å². The Balaban J connectivity index is 1.67. The van der Waals surface area contributed by atoms with Gasteiger partial charge in [-0.25, -0.2) is 14.4 Å². The lowest BCUT2D eigenvalue weighted by molar-refractivity contribution is -0.563. The summed E-state index contributed by atoms with van der Waals surface area (Å²) in [5, 5.41) is 34.2. The molecule has 0 radical (unpaired) electrons. The summed E-state index contributed by atoms with van der Waals surface area (Å²) in [6.07, 6.45) is 5.28. The van der Waals surface area contributed by atoms with Gasteiger partial charge >= 0.3 is 30.3 Å². The average molecular weight is 645 g/mol. The number of pyridine rings is 2. The number of amides is 3. The predicted octanol–water partition coefficient (Wildman–Crippen LogP) is 0.0502. The van der Waals surface area contributed by atoms with E-state index in [4.69, 9.17) is 14.9 Å². The van der Waals surface area contributed by atoms with Crippen molar-refractivity contribution in [2.75, 3.05) is 26.3 Å². The van der Waals surface area contributed by atoms with Gasteiger partial charge in [-0.1, -0.05) is 24.3 Å². The first-order chi connectivity index (χ1) is 22.1. The minimum Gasteiger partial charge on any atom is -0.481 e. The summed E-state index contributed by atoms with van der Waals surface area (Å²) >= 11 is 0. The van der Waals surface area contributed by atoms with E-state index in [-0.39, 0.29) is 38.3 Å². The molecule has 2 heterocycles. The zero-order valence-electron chi connectivity index (χ0n) is 25.3. The molecule has 0 saturated heterocycles. The van der Waals surface area contributed by atoms with Crippen LogP contribution in [0, 0.1) is 0 Å². The van der Waals surface area contributed by atoms with E-state index in [2.05, 4.69) is 25.8 Å². The lowest BCUT2D eigenvalue weighted by Crippen LogP contribution is -2.51. The molecular weight excluding hydrogens is 604 g/mol. The fourth-order valence-electron chi connectivity index (χ4n) is 4.25. The van der Waals surface area contributed by atoms with E-state index >= 15 is 0 Å². The Kier molecular flexibility index (Phi) is 16.9. The van der Waals surface area contributed by atoms with Crippen molar-refractivity contribution in [1.29, 1.82) is 0 Å². The number of hydrogen-bond acceptors (Lipinski definition) is 9. The third-order valence-electron chi connectivity index (χ3n) is 6.66. The highest BCUT2D eigenvalue weighted by molar-refractivity contribution is 5.86. The number of carboxylic acid groups (broad SMARTS) is 3. The van der Waals surface area contributed by atoms with Crippen LogP contribution in [0.5, 0.6) is 0 Å². The molecule has 0 bridgehead atoms. The van der Waals surface area contributed by atoms with Crippen LogP contribution in [0.2, 0.25) is 0 Å². The van der Waals surface area contributed by atoms with Gasteiger partial charge in [-0.15, -0.1) is 0 Å². The van der Waals surface area contributed by atoms with Crippen molar-refractivity contribution in [3.05, 3.63) is 60.2 Å². The van der Waals surface area contributed by atoms with Crippen LogP contribution in [0.1, 0.15) is 49.9 Å². The molecule has 0 unspecified atom stereocenters. The average Bonchev–Trinajstić information content (AvgIpc) is 3.02. The minimum absolute atomic E-state index is 0.0253. The summed E-state index contributed by atoms with van der Waals surface area (Å²) in [6, 6.07) is 7.21. The van der Waals surface area contributed by atoms with Crippen LogP contribution in [0.3, 0.4) is 0 Å². The van der Waals surface area contributed by atoms with Gasteiger partial charge in [0.15, 0.2) is 0 Å². The number of nitrogens with zero attached hydrogens (tertiary/aromatic N) is 3.